The van der Waals surface area contributed by atoms with Crippen molar-refractivity contribution in [3.8, 4) is 11.5 Å². The predicted octanol–water partition coefficient (Wildman–Crippen LogP) is 3.51. The predicted molar refractivity (Wildman–Crippen MR) is 91.7 cm³/mol. The minimum atomic E-state index is -0.675. The highest BCUT2D eigenvalue weighted by Crippen LogP contribution is 2.27. The van der Waals surface area contributed by atoms with Crippen molar-refractivity contribution in [1.82, 2.24) is 9.88 Å². The summed E-state index contributed by atoms with van der Waals surface area (Å²) in [7, 11) is 0. The molecule has 1 aromatic carbocycles. The average molecular weight is 328 g/mol. The Balaban J connectivity index is 1.72. The molecule has 128 valence electrons. The molecular formula is C19H24N2O3. The lowest BCUT2D eigenvalue weighted by atomic mass is 9.97. The number of carboxylic acid groups (broad SMARTS) is 1. The fraction of sp³-hybridized carbons (Fsp3) is 0.474. The zero-order valence-electron chi connectivity index (χ0n) is 14.3. The molecule has 2 aromatic rings. The Morgan fingerprint density at radius 3 is 2.71 bits per heavy atom. The zero-order valence-corrected chi connectivity index (χ0v) is 14.3. The summed E-state index contributed by atoms with van der Waals surface area (Å²) in [4.78, 5) is 18.0. The van der Waals surface area contributed by atoms with E-state index in [4.69, 9.17) is 14.5 Å². The smallest absolute Gasteiger partial charge is 0.306 e. The van der Waals surface area contributed by atoms with Crippen LogP contribution in [-0.4, -0.2) is 34.0 Å². The van der Waals surface area contributed by atoms with Crippen molar-refractivity contribution in [2.75, 3.05) is 13.1 Å². The van der Waals surface area contributed by atoms with Gasteiger partial charge >= 0.3 is 5.97 Å². The molecule has 1 aromatic heterocycles. The summed E-state index contributed by atoms with van der Waals surface area (Å²) in [5, 5.41) is 9.09. The van der Waals surface area contributed by atoms with Crippen LogP contribution in [-0.2, 0) is 17.8 Å². The second-order valence-electron chi connectivity index (χ2n) is 6.42. The molecule has 1 aliphatic rings. The van der Waals surface area contributed by atoms with Crippen molar-refractivity contribution < 1.29 is 14.3 Å². The van der Waals surface area contributed by atoms with E-state index in [2.05, 4.69) is 17.9 Å². The maximum Gasteiger partial charge on any atom is 0.306 e. The lowest BCUT2D eigenvalue weighted by Crippen LogP contribution is -2.36. The highest BCUT2D eigenvalue weighted by Gasteiger charge is 2.25. The van der Waals surface area contributed by atoms with Gasteiger partial charge in [-0.1, -0.05) is 25.1 Å². The Morgan fingerprint density at radius 2 is 2.04 bits per heavy atom. The zero-order chi connectivity index (χ0) is 17.1. The highest BCUT2D eigenvalue weighted by atomic mass is 16.4. The molecule has 1 aliphatic heterocycles. The van der Waals surface area contributed by atoms with Crippen molar-refractivity contribution in [2.45, 2.75) is 39.7 Å². The van der Waals surface area contributed by atoms with Crippen LogP contribution in [0, 0.1) is 12.8 Å². The summed E-state index contributed by atoms with van der Waals surface area (Å²) in [5.74, 6) is 0.647. The van der Waals surface area contributed by atoms with Gasteiger partial charge in [0.15, 0.2) is 0 Å². The number of hydrogen-bond acceptors (Lipinski definition) is 4. The van der Waals surface area contributed by atoms with Gasteiger partial charge < -0.3 is 9.52 Å². The first-order valence-electron chi connectivity index (χ1n) is 8.58. The largest absolute Gasteiger partial charge is 0.481 e. The fourth-order valence-corrected chi connectivity index (χ4v) is 3.28. The topological polar surface area (TPSA) is 66.6 Å². The summed E-state index contributed by atoms with van der Waals surface area (Å²) < 4.78 is 5.91. The summed E-state index contributed by atoms with van der Waals surface area (Å²) in [6, 6.07) is 8.19. The molecule has 0 spiro atoms. The molecule has 0 bridgehead atoms. The van der Waals surface area contributed by atoms with Crippen LogP contribution < -0.4 is 0 Å². The average Bonchev–Trinajstić information content (AvgIpc) is 2.96. The molecule has 0 radical (unpaired) electrons. The van der Waals surface area contributed by atoms with E-state index in [0.29, 0.717) is 18.7 Å². The standard InChI is InChI=1S/C19H24N2O3/c1-3-14-6-4-5-7-16(14)18-20-17(13(2)24-18)12-21-10-8-15(9-11-21)19(22)23/h4-7,15H,3,8-12H2,1-2H3,(H,22,23). The summed E-state index contributed by atoms with van der Waals surface area (Å²) >= 11 is 0. The molecule has 5 heteroatoms. The number of aliphatic carboxylic acids is 1. The molecule has 1 fully saturated rings. The third-order valence-electron chi connectivity index (χ3n) is 4.83. The number of aromatic nitrogens is 1. The lowest BCUT2D eigenvalue weighted by Gasteiger charge is -2.29. The number of rotatable bonds is 5. The van der Waals surface area contributed by atoms with Crippen molar-refractivity contribution in [3.05, 3.63) is 41.3 Å². The van der Waals surface area contributed by atoms with Gasteiger partial charge in [0.2, 0.25) is 5.89 Å². The van der Waals surface area contributed by atoms with Gasteiger partial charge in [-0.05, 0) is 50.9 Å². The minimum Gasteiger partial charge on any atom is -0.481 e. The number of hydrogen-bond donors (Lipinski definition) is 1. The first-order valence-corrected chi connectivity index (χ1v) is 8.58. The van der Waals surface area contributed by atoms with Crippen molar-refractivity contribution in [2.24, 2.45) is 5.92 Å². The van der Waals surface area contributed by atoms with Crippen LogP contribution in [0.3, 0.4) is 0 Å². The second-order valence-corrected chi connectivity index (χ2v) is 6.42. The molecule has 1 saturated heterocycles. The van der Waals surface area contributed by atoms with Gasteiger partial charge in [0, 0.05) is 12.1 Å². The normalized spacial score (nSPS) is 16.4. The second kappa shape index (κ2) is 7.18. The van der Waals surface area contributed by atoms with Gasteiger partial charge in [0.05, 0.1) is 11.6 Å². The van der Waals surface area contributed by atoms with Crippen LogP contribution in [0.1, 0.15) is 36.8 Å². The Morgan fingerprint density at radius 1 is 1.33 bits per heavy atom. The molecule has 3 rings (SSSR count). The van der Waals surface area contributed by atoms with Crippen LogP contribution in [0.15, 0.2) is 28.7 Å². The third-order valence-corrected chi connectivity index (χ3v) is 4.83. The SMILES string of the molecule is CCc1ccccc1-c1nc(CN2CCC(C(=O)O)CC2)c(C)o1. The first-order chi connectivity index (χ1) is 11.6. The quantitative estimate of drug-likeness (QED) is 0.910. The summed E-state index contributed by atoms with van der Waals surface area (Å²) in [6.45, 7) is 6.39. The van der Waals surface area contributed by atoms with Gasteiger partial charge in [0.25, 0.3) is 0 Å². The molecule has 0 aliphatic carbocycles. The molecular weight excluding hydrogens is 304 g/mol. The Hall–Kier alpha value is -2.14. The Kier molecular flexibility index (Phi) is 5.00. The maximum absolute atomic E-state index is 11.0. The number of aryl methyl sites for hydroxylation is 2. The number of carbonyl (C=O) groups is 1. The molecule has 0 atom stereocenters. The first kappa shape index (κ1) is 16.7. The van der Waals surface area contributed by atoms with E-state index < -0.39 is 5.97 Å². The number of piperidine rings is 1. The van der Waals surface area contributed by atoms with Crippen LogP contribution in [0.25, 0.3) is 11.5 Å². The van der Waals surface area contributed by atoms with Gasteiger partial charge in [-0.3, -0.25) is 9.69 Å². The number of likely N-dealkylation sites (tertiary alicyclic amines) is 1. The van der Waals surface area contributed by atoms with Crippen LogP contribution >= 0.6 is 0 Å². The highest BCUT2D eigenvalue weighted by molar-refractivity contribution is 5.70. The van der Waals surface area contributed by atoms with Gasteiger partial charge in [0.1, 0.15) is 5.76 Å². The van der Waals surface area contributed by atoms with Crippen LogP contribution in [0.4, 0.5) is 0 Å². The van der Waals surface area contributed by atoms with Gasteiger partial charge in [-0.2, -0.15) is 0 Å². The van der Waals surface area contributed by atoms with Gasteiger partial charge in [-0.25, -0.2) is 4.98 Å². The number of benzene rings is 1. The van der Waals surface area contributed by atoms with Crippen molar-refractivity contribution in [3.63, 3.8) is 0 Å². The van der Waals surface area contributed by atoms with Crippen LogP contribution in [0.5, 0.6) is 0 Å². The third kappa shape index (κ3) is 3.51. The summed E-state index contributed by atoms with van der Waals surface area (Å²) in [5.41, 5.74) is 3.23. The number of oxazole rings is 1. The Labute approximate surface area is 142 Å². The van der Waals surface area contributed by atoms with E-state index in [-0.39, 0.29) is 5.92 Å². The number of carboxylic acids is 1. The van der Waals surface area contributed by atoms with E-state index in [1.807, 2.05) is 25.1 Å². The molecule has 1 N–H and O–H groups in total. The lowest BCUT2D eigenvalue weighted by molar-refractivity contribution is -0.143. The van der Waals surface area contributed by atoms with E-state index >= 15 is 0 Å². The minimum absolute atomic E-state index is 0.202. The van der Waals surface area contributed by atoms with Crippen molar-refractivity contribution in [1.29, 1.82) is 0 Å². The van der Waals surface area contributed by atoms with E-state index in [1.165, 1.54) is 5.56 Å². The fourth-order valence-electron chi connectivity index (χ4n) is 3.28. The maximum atomic E-state index is 11.0. The molecule has 0 saturated carbocycles. The monoisotopic (exact) mass is 328 g/mol. The Bertz CT molecular complexity index is 715. The molecule has 0 unspecified atom stereocenters. The molecule has 5 nitrogen and oxygen atoms in total. The summed E-state index contributed by atoms with van der Waals surface area (Å²) in [6.07, 6.45) is 2.35. The molecule has 24 heavy (non-hydrogen) atoms. The van der Waals surface area contributed by atoms with Crippen molar-refractivity contribution >= 4 is 5.97 Å². The van der Waals surface area contributed by atoms with Gasteiger partial charge in [-0.15, -0.1) is 0 Å². The number of nitrogens with zero attached hydrogens (tertiary/aromatic N) is 2. The van der Waals surface area contributed by atoms with E-state index in [1.54, 1.807) is 0 Å². The molecule has 2 heterocycles. The van der Waals surface area contributed by atoms with Crippen LogP contribution in [0.2, 0.25) is 0 Å². The molecule has 0 amide bonds. The van der Waals surface area contributed by atoms with E-state index in [9.17, 15) is 4.79 Å². The van der Waals surface area contributed by atoms with E-state index in [0.717, 1.165) is 43.1 Å².